The van der Waals surface area contributed by atoms with Gasteiger partial charge in [0.1, 0.15) is 11.4 Å². The first kappa shape index (κ1) is 14.1. The van der Waals surface area contributed by atoms with Crippen LogP contribution >= 0.6 is 0 Å². The van der Waals surface area contributed by atoms with Gasteiger partial charge in [-0.1, -0.05) is 25.5 Å². The van der Waals surface area contributed by atoms with Crippen LogP contribution in [0.5, 0.6) is 0 Å². The topological polar surface area (TPSA) is 62.2 Å². The van der Waals surface area contributed by atoms with Crippen molar-refractivity contribution in [2.75, 3.05) is 5.32 Å². The van der Waals surface area contributed by atoms with Crippen molar-refractivity contribution < 1.29 is 9.90 Å². The Morgan fingerprint density at radius 2 is 2.15 bits per heavy atom. The summed E-state index contributed by atoms with van der Waals surface area (Å²) >= 11 is 0. The van der Waals surface area contributed by atoms with Crippen LogP contribution in [-0.4, -0.2) is 16.1 Å². The number of rotatable bonds is 6. The van der Waals surface area contributed by atoms with E-state index < -0.39 is 5.97 Å². The summed E-state index contributed by atoms with van der Waals surface area (Å²) in [7, 11) is 0. The molecular formula is C16H18N2O2. The number of aryl methyl sites for hydroxylation is 1. The van der Waals surface area contributed by atoms with Crippen molar-refractivity contribution in [3.05, 3.63) is 53.7 Å². The molecule has 0 aliphatic heterocycles. The highest BCUT2D eigenvalue weighted by Gasteiger charge is 2.10. The maximum absolute atomic E-state index is 11.1. The van der Waals surface area contributed by atoms with Gasteiger partial charge in [-0.15, -0.1) is 0 Å². The van der Waals surface area contributed by atoms with Gasteiger partial charge in [0.05, 0.1) is 0 Å². The van der Waals surface area contributed by atoms with Gasteiger partial charge in [-0.25, -0.2) is 9.78 Å². The maximum Gasteiger partial charge on any atom is 0.339 e. The number of nitrogens with one attached hydrogen (secondary N) is 1. The predicted molar refractivity (Wildman–Crippen MR) is 79.5 cm³/mol. The van der Waals surface area contributed by atoms with Crippen LogP contribution in [0.3, 0.4) is 0 Å². The second kappa shape index (κ2) is 6.70. The van der Waals surface area contributed by atoms with Crippen molar-refractivity contribution in [3.63, 3.8) is 0 Å². The lowest BCUT2D eigenvalue weighted by Crippen LogP contribution is -2.04. The number of pyridine rings is 1. The van der Waals surface area contributed by atoms with Crippen LogP contribution in [-0.2, 0) is 6.42 Å². The Kier molecular flexibility index (Phi) is 4.71. The van der Waals surface area contributed by atoms with Crippen molar-refractivity contribution in [2.45, 2.75) is 26.2 Å². The molecule has 0 spiro atoms. The van der Waals surface area contributed by atoms with Crippen LogP contribution in [0.2, 0.25) is 0 Å². The zero-order valence-corrected chi connectivity index (χ0v) is 11.5. The van der Waals surface area contributed by atoms with E-state index in [2.05, 4.69) is 23.3 Å². The summed E-state index contributed by atoms with van der Waals surface area (Å²) in [5.74, 6) is -0.615. The number of unbranched alkanes of at least 4 members (excludes halogenated alkanes) is 1. The normalized spacial score (nSPS) is 10.2. The predicted octanol–water partition coefficient (Wildman–Crippen LogP) is 3.87. The van der Waals surface area contributed by atoms with E-state index in [1.165, 1.54) is 5.56 Å². The van der Waals surface area contributed by atoms with E-state index in [9.17, 15) is 4.79 Å². The zero-order chi connectivity index (χ0) is 14.4. The quantitative estimate of drug-likeness (QED) is 0.836. The number of nitrogens with zero attached hydrogens (tertiary/aromatic N) is 1. The molecule has 0 aliphatic carbocycles. The van der Waals surface area contributed by atoms with Crippen LogP contribution in [0, 0.1) is 0 Å². The number of anilines is 2. The van der Waals surface area contributed by atoms with E-state index in [1.807, 2.05) is 18.2 Å². The molecule has 0 amide bonds. The molecule has 104 valence electrons. The first-order valence-electron chi connectivity index (χ1n) is 6.75. The molecule has 0 bridgehead atoms. The van der Waals surface area contributed by atoms with Crippen LogP contribution in [0.4, 0.5) is 11.5 Å². The number of hydrogen-bond donors (Lipinski definition) is 2. The summed E-state index contributed by atoms with van der Waals surface area (Å²) in [6.07, 6.45) is 4.91. The van der Waals surface area contributed by atoms with Gasteiger partial charge in [-0.2, -0.15) is 0 Å². The average molecular weight is 270 g/mol. The van der Waals surface area contributed by atoms with Gasteiger partial charge in [-0.05, 0) is 42.7 Å². The SMILES string of the molecule is CCCCc1cccc(Nc2ncccc2C(=O)O)c1. The van der Waals surface area contributed by atoms with E-state index >= 15 is 0 Å². The molecule has 0 saturated carbocycles. The van der Waals surface area contributed by atoms with Gasteiger partial charge in [-0.3, -0.25) is 0 Å². The van der Waals surface area contributed by atoms with E-state index in [0.29, 0.717) is 5.82 Å². The third-order valence-corrected chi connectivity index (χ3v) is 3.05. The number of aromatic nitrogens is 1. The zero-order valence-electron chi connectivity index (χ0n) is 11.5. The minimum atomic E-state index is -0.984. The highest BCUT2D eigenvalue weighted by Crippen LogP contribution is 2.20. The molecule has 0 aliphatic rings. The highest BCUT2D eigenvalue weighted by molar-refractivity contribution is 5.93. The fraction of sp³-hybridized carbons (Fsp3) is 0.250. The minimum absolute atomic E-state index is 0.173. The first-order valence-corrected chi connectivity index (χ1v) is 6.75. The van der Waals surface area contributed by atoms with Crippen molar-refractivity contribution in [2.24, 2.45) is 0 Å². The molecule has 2 aromatic rings. The number of carboxylic acids is 1. The second-order valence-electron chi connectivity index (χ2n) is 4.63. The third kappa shape index (κ3) is 3.57. The lowest BCUT2D eigenvalue weighted by atomic mass is 10.1. The van der Waals surface area contributed by atoms with Crippen molar-refractivity contribution in [3.8, 4) is 0 Å². The van der Waals surface area contributed by atoms with E-state index in [-0.39, 0.29) is 5.56 Å². The summed E-state index contributed by atoms with van der Waals surface area (Å²) in [6, 6.07) is 11.2. The molecule has 20 heavy (non-hydrogen) atoms. The summed E-state index contributed by atoms with van der Waals surface area (Å²) in [5, 5.41) is 12.2. The third-order valence-electron chi connectivity index (χ3n) is 3.05. The molecule has 0 unspecified atom stereocenters. The fourth-order valence-electron chi connectivity index (χ4n) is 2.00. The fourth-order valence-corrected chi connectivity index (χ4v) is 2.00. The van der Waals surface area contributed by atoms with E-state index in [1.54, 1.807) is 18.3 Å². The Hall–Kier alpha value is -2.36. The first-order chi connectivity index (χ1) is 9.70. The summed E-state index contributed by atoms with van der Waals surface area (Å²) in [6.45, 7) is 2.16. The van der Waals surface area contributed by atoms with Crippen LogP contribution in [0.15, 0.2) is 42.6 Å². The maximum atomic E-state index is 11.1. The second-order valence-corrected chi connectivity index (χ2v) is 4.63. The molecule has 0 fully saturated rings. The minimum Gasteiger partial charge on any atom is -0.478 e. The number of benzene rings is 1. The molecule has 2 N–H and O–H groups in total. The van der Waals surface area contributed by atoms with Crippen molar-refractivity contribution in [1.82, 2.24) is 4.98 Å². The average Bonchev–Trinajstić information content (AvgIpc) is 2.46. The van der Waals surface area contributed by atoms with Gasteiger partial charge in [0.25, 0.3) is 0 Å². The molecule has 1 heterocycles. The van der Waals surface area contributed by atoms with Crippen molar-refractivity contribution >= 4 is 17.5 Å². The van der Waals surface area contributed by atoms with Crippen LogP contribution in [0.1, 0.15) is 35.7 Å². The molecule has 0 atom stereocenters. The molecule has 4 heteroatoms. The molecule has 4 nitrogen and oxygen atoms in total. The standard InChI is InChI=1S/C16H18N2O2/c1-2-3-6-12-7-4-8-13(11-12)18-15-14(16(19)20)9-5-10-17-15/h4-5,7-11H,2-3,6H2,1H3,(H,17,18)(H,19,20). The number of hydrogen-bond acceptors (Lipinski definition) is 3. The Morgan fingerprint density at radius 1 is 1.30 bits per heavy atom. The van der Waals surface area contributed by atoms with Crippen molar-refractivity contribution in [1.29, 1.82) is 0 Å². The van der Waals surface area contributed by atoms with Gasteiger partial charge in [0, 0.05) is 11.9 Å². The molecule has 1 aromatic carbocycles. The van der Waals surface area contributed by atoms with Gasteiger partial charge < -0.3 is 10.4 Å². The van der Waals surface area contributed by atoms with Crippen LogP contribution in [0.25, 0.3) is 0 Å². The van der Waals surface area contributed by atoms with E-state index in [0.717, 1.165) is 24.9 Å². The highest BCUT2D eigenvalue weighted by atomic mass is 16.4. The summed E-state index contributed by atoms with van der Waals surface area (Å²) in [4.78, 5) is 15.2. The van der Waals surface area contributed by atoms with E-state index in [4.69, 9.17) is 5.11 Å². The summed E-state index contributed by atoms with van der Waals surface area (Å²) < 4.78 is 0. The monoisotopic (exact) mass is 270 g/mol. The number of carbonyl (C=O) groups is 1. The number of aromatic carboxylic acids is 1. The molecule has 2 rings (SSSR count). The Bertz CT molecular complexity index is 597. The molecule has 1 aromatic heterocycles. The smallest absolute Gasteiger partial charge is 0.339 e. The Balaban J connectivity index is 2.20. The molecular weight excluding hydrogens is 252 g/mol. The Labute approximate surface area is 118 Å². The molecule has 0 radical (unpaired) electrons. The van der Waals surface area contributed by atoms with Gasteiger partial charge in [0.2, 0.25) is 0 Å². The largest absolute Gasteiger partial charge is 0.478 e. The summed E-state index contributed by atoms with van der Waals surface area (Å²) in [5.41, 5.74) is 2.27. The number of carboxylic acid groups (broad SMARTS) is 1. The van der Waals surface area contributed by atoms with Crippen LogP contribution < -0.4 is 5.32 Å². The van der Waals surface area contributed by atoms with Gasteiger partial charge in [0.15, 0.2) is 0 Å². The Morgan fingerprint density at radius 3 is 2.90 bits per heavy atom. The van der Waals surface area contributed by atoms with Gasteiger partial charge >= 0.3 is 5.97 Å². The lowest BCUT2D eigenvalue weighted by molar-refractivity contribution is 0.0697. The lowest BCUT2D eigenvalue weighted by Gasteiger charge is -2.09. The molecule has 0 saturated heterocycles.